The molecule has 3 heteroatoms. The molecule has 0 radical (unpaired) electrons. The van der Waals surface area contributed by atoms with Crippen LogP contribution in [0.2, 0.25) is 0 Å². The standard InChI is InChI=1S/C14H21FN2/c1-14(2)9-12(7-8-17-14)16-10-11-5-3-4-6-13(11)15/h3-6,12,16-17H,7-10H2,1-2H3. The van der Waals surface area contributed by atoms with Crippen LogP contribution in [0.4, 0.5) is 4.39 Å². The number of halogens is 1. The molecule has 1 heterocycles. The van der Waals surface area contributed by atoms with Crippen molar-refractivity contribution in [1.29, 1.82) is 0 Å². The third-order valence-electron chi connectivity index (χ3n) is 3.39. The Morgan fingerprint density at radius 1 is 1.41 bits per heavy atom. The van der Waals surface area contributed by atoms with Crippen LogP contribution in [0.5, 0.6) is 0 Å². The molecule has 1 atom stereocenters. The van der Waals surface area contributed by atoms with Gasteiger partial charge in [-0.2, -0.15) is 0 Å². The Labute approximate surface area is 103 Å². The fraction of sp³-hybridized carbons (Fsp3) is 0.571. The largest absolute Gasteiger partial charge is 0.312 e. The van der Waals surface area contributed by atoms with Gasteiger partial charge in [-0.25, -0.2) is 4.39 Å². The van der Waals surface area contributed by atoms with Crippen LogP contribution in [0.1, 0.15) is 32.3 Å². The summed E-state index contributed by atoms with van der Waals surface area (Å²) in [7, 11) is 0. The quantitative estimate of drug-likeness (QED) is 0.842. The Morgan fingerprint density at radius 3 is 2.88 bits per heavy atom. The predicted molar refractivity (Wildman–Crippen MR) is 68.3 cm³/mol. The van der Waals surface area contributed by atoms with Gasteiger partial charge in [0.1, 0.15) is 5.82 Å². The number of benzene rings is 1. The second-order valence-corrected chi connectivity index (χ2v) is 5.47. The van der Waals surface area contributed by atoms with Gasteiger partial charge < -0.3 is 10.6 Å². The topological polar surface area (TPSA) is 24.1 Å². The van der Waals surface area contributed by atoms with E-state index < -0.39 is 0 Å². The van der Waals surface area contributed by atoms with Gasteiger partial charge in [0.2, 0.25) is 0 Å². The molecule has 2 nitrogen and oxygen atoms in total. The number of nitrogens with one attached hydrogen (secondary N) is 2. The van der Waals surface area contributed by atoms with E-state index in [1.54, 1.807) is 6.07 Å². The molecule has 1 aromatic carbocycles. The maximum absolute atomic E-state index is 13.4. The van der Waals surface area contributed by atoms with Crippen molar-refractivity contribution in [1.82, 2.24) is 10.6 Å². The van der Waals surface area contributed by atoms with Gasteiger partial charge in [-0.15, -0.1) is 0 Å². The number of piperidine rings is 1. The van der Waals surface area contributed by atoms with Gasteiger partial charge in [-0.3, -0.25) is 0 Å². The van der Waals surface area contributed by atoms with Crippen LogP contribution in [0.25, 0.3) is 0 Å². The molecule has 0 aromatic heterocycles. The van der Waals surface area contributed by atoms with Gasteiger partial charge in [-0.1, -0.05) is 18.2 Å². The first-order chi connectivity index (χ1) is 8.07. The van der Waals surface area contributed by atoms with E-state index >= 15 is 0 Å². The first kappa shape index (κ1) is 12.5. The predicted octanol–water partition coefficient (Wildman–Crippen LogP) is 2.45. The van der Waals surface area contributed by atoms with Crippen molar-refractivity contribution < 1.29 is 4.39 Å². The molecule has 1 saturated heterocycles. The Bertz CT molecular complexity index is 376. The third-order valence-corrected chi connectivity index (χ3v) is 3.39. The van der Waals surface area contributed by atoms with Crippen molar-refractivity contribution >= 4 is 0 Å². The van der Waals surface area contributed by atoms with E-state index in [2.05, 4.69) is 24.5 Å². The summed E-state index contributed by atoms with van der Waals surface area (Å²) in [5, 5.41) is 6.94. The van der Waals surface area contributed by atoms with Crippen LogP contribution in [-0.4, -0.2) is 18.1 Å². The molecule has 1 aliphatic heterocycles. The molecule has 17 heavy (non-hydrogen) atoms. The van der Waals surface area contributed by atoms with Gasteiger partial charge in [0, 0.05) is 23.7 Å². The van der Waals surface area contributed by atoms with Crippen molar-refractivity contribution in [2.24, 2.45) is 0 Å². The molecule has 2 rings (SSSR count). The smallest absolute Gasteiger partial charge is 0.127 e. The molecule has 0 aliphatic carbocycles. The molecule has 0 bridgehead atoms. The Hall–Kier alpha value is -0.930. The van der Waals surface area contributed by atoms with E-state index in [0.717, 1.165) is 24.9 Å². The van der Waals surface area contributed by atoms with E-state index in [0.29, 0.717) is 12.6 Å². The molecule has 94 valence electrons. The van der Waals surface area contributed by atoms with E-state index in [-0.39, 0.29) is 11.4 Å². The summed E-state index contributed by atoms with van der Waals surface area (Å²) in [6.45, 7) is 6.07. The van der Waals surface area contributed by atoms with Crippen molar-refractivity contribution in [3.63, 3.8) is 0 Å². The van der Waals surface area contributed by atoms with Crippen LogP contribution in [0.15, 0.2) is 24.3 Å². The summed E-state index contributed by atoms with van der Waals surface area (Å²) in [6, 6.07) is 7.45. The normalized spacial score (nSPS) is 23.6. The second kappa shape index (κ2) is 5.15. The molecule has 1 unspecified atom stereocenters. The molecule has 1 aliphatic rings. The van der Waals surface area contributed by atoms with Crippen LogP contribution >= 0.6 is 0 Å². The number of rotatable bonds is 3. The first-order valence-corrected chi connectivity index (χ1v) is 6.29. The van der Waals surface area contributed by atoms with E-state index in [9.17, 15) is 4.39 Å². The van der Waals surface area contributed by atoms with E-state index in [1.807, 2.05) is 12.1 Å². The van der Waals surface area contributed by atoms with Crippen molar-refractivity contribution in [2.75, 3.05) is 6.54 Å². The molecule has 2 N–H and O–H groups in total. The minimum Gasteiger partial charge on any atom is -0.312 e. The van der Waals surface area contributed by atoms with Gasteiger partial charge in [-0.05, 0) is 39.3 Å². The lowest BCUT2D eigenvalue weighted by atomic mass is 9.89. The Kier molecular flexibility index (Phi) is 3.79. The van der Waals surface area contributed by atoms with Gasteiger partial charge in [0.25, 0.3) is 0 Å². The molecule has 0 spiro atoms. The van der Waals surface area contributed by atoms with Gasteiger partial charge >= 0.3 is 0 Å². The van der Waals surface area contributed by atoms with Crippen LogP contribution in [0, 0.1) is 5.82 Å². The fourth-order valence-corrected chi connectivity index (χ4v) is 2.45. The highest BCUT2D eigenvalue weighted by molar-refractivity contribution is 5.17. The van der Waals surface area contributed by atoms with Gasteiger partial charge in [0.05, 0.1) is 0 Å². The highest BCUT2D eigenvalue weighted by atomic mass is 19.1. The third kappa shape index (κ3) is 3.51. The van der Waals surface area contributed by atoms with Crippen LogP contribution < -0.4 is 10.6 Å². The van der Waals surface area contributed by atoms with Gasteiger partial charge in [0.15, 0.2) is 0 Å². The SMILES string of the molecule is CC1(C)CC(NCc2ccccc2F)CCN1. The summed E-state index contributed by atoms with van der Waals surface area (Å²) >= 11 is 0. The summed E-state index contributed by atoms with van der Waals surface area (Å²) < 4.78 is 13.4. The summed E-state index contributed by atoms with van der Waals surface area (Å²) in [5.74, 6) is -0.117. The zero-order chi connectivity index (χ0) is 12.3. The maximum Gasteiger partial charge on any atom is 0.127 e. The Balaban J connectivity index is 1.88. The lowest BCUT2D eigenvalue weighted by Crippen LogP contribution is -2.51. The van der Waals surface area contributed by atoms with Crippen molar-refractivity contribution in [2.45, 2.75) is 44.8 Å². The molecular weight excluding hydrogens is 215 g/mol. The number of hydrogen-bond acceptors (Lipinski definition) is 2. The summed E-state index contributed by atoms with van der Waals surface area (Å²) in [4.78, 5) is 0. The zero-order valence-electron chi connectivity index (χ0n) is 10.6. The van der Waals surface area contributed by atoms with Crippen molar-refractivity contribution in [3.8, 4) is 0 Å². The highest BCUT2D eigenvalue weighted by Crippen LogP contribution is 2.18. The average molecular weight is 236 g/mol. The monoisotopic (exact) mass is 236 g/mol. The minimum atomic E-state index is -0.117. The number of hydrogen-bond donors (Lipinski definition) is 2. The molecule has 1 aromatic rings. The average Bonchev–Trinajstić information content (AvgIpc) is 2.27. The van der Waals surface area contributed by atoms with Crippen molar-refractivity contribution in [3.05, 3.63) is 35.6 Å². The van der Waals surface area contributed by atoms with Crippen LogP contribution in [0.3, 0.4) is 0 Å². The molecule has 0 amide bonds. The first-order valence-electron chi connectivity index (χ1n) is 6.29. The molecular formula is C14H21FN2. The second-order valence-electron chi connectivity index (χ2n) is 5.47. The maximum atomic E-state index is 13.4. The minimum absolute atomic E-state index is 0.117. The fourth-order valence-electron chi connectivity index (χ4n) is 2.45. The Morgan fingerprint density at radius 2 is 2.18 bits per heavy atom. The lowest BCUT2D eigenvalue weighted by Gasteiger charge is -2.37. The molecule has 0 saturated carbocycles. The summed E-state index contributed by atoms with van der Waals surface area (Å²) in [5.41, 5.74) is 0.939. The van der Waals surface area contributed by atoms with E-state index in [4.69, 9.17) is 0 Å². The lowest BCUT2D eigenvalue weighted by molar-refractivity contribution is 0.247. The zero-order valence-corrected chi connectivity index (χ0v) is 10.6. The highest BCUT2D eigenvalue weighted by Gasteiger charge is 2.26. The van der Waals surface area contributed by atoms with E-state index in [1.165, 1.54) is 6.07 Å². The summed E-state index contributed by atoms with van der Waals surface area (Å²) in [6.07, 6.45) is 2.19. The van der Waals surface area contributed by atoms with Crippen LogP contribution in [-0.2, 0) is 6.54 Å². The molecule has 1 fully saturated rings.